The first-order chi connectivity index (χ1) is 7.27. The summed E-state index contributed by atoms with van der Waals surface area (Å²) in [6.07, 6.45) is 3.33. The molecule has 6 nitrogen and oxygen atoms in total. The molecule has 2 heterocycles. The molecule has 0 aromatic carbocycles. The van der Waals surface area contributed by atoms with E-state index in [2.05, 4.69) is 10.2 Å². The normalized spacial score (nSPS) is 10.0. The van der Waals surface area contributed by atoms with Crippen molar-refractivity contribution in [1.82, 2.24) is 19.6 Å². The van der Waals surface area contributed by atoms with Gasteiger partial charge in [0.2, 0.25) is 0 Å². The topological polar surface area (TPSA) is 54.1 Å². The maximum atomic E-state index is 5.34. The van der Waals surface area contributed by atoms with Crippen molar-refractivity contribution in [3.8, 4) is 11.8 Å². The van der Waals surface area contributed by atoms with Crippen molar-refractivity contribution < 1.29 is 9.31 Å². The summed E-state index contributed by atoms with van der Waals surface area (Å²) in [5.41, 5.74) is 0. The van der Waals surface area contributed by atoms with E-state index in [1.165, 1.54) is 0 Å². The third-order valence-corrected chi connectivity index (χ3v) is 1.97. The zero-order valence-corrected chi connectivity index (χ0v) is 8.62. The Morgan fingerprint density at radius 1 is 1.00 bits per heavy atom. The lowest BCUT2D eigenvalue weighted by Gasteiger charge is -2.06. The second kappa shape index (κ2) is 4.08. The van der Waals surface area contributed by atoms with Gasteiger partial charge in [0.1, 0.15) is 0 Å². The van der Waals surface area contributed by atoms with Crippen LogP contribution in [0.1, 0.15) is 0 Å². The molecule has 0 aliphatic rings. The van der Waals surface area contributed by atoms with Gasteiger partial charge in [0, 0.05) is 26.2 Å². The Hall–Kier alpha value is -1.92. The van der Waals surface area contributed by atoms with Crippen molar-refractivity contribution in [2.45, 2.75) is 0 Å². The van der Waals surface area contributed by atoms with Crippen LogP contribution in [0.5, 0.6) is 11.8 Å². The van der Waals surface area contributed by atoms with Crippen molar-refractivity contribution in [2.24, 2.45) is 14.1 Å². The minimum atomic E-state index is 0.138. The molecule has 0 unspecified atom stereocenters. The van der Waals surface area contributed by atoms with Crippen LogP contribution in [0.15, 0.2) is 24.5 Å². The molecule has 0 bridgehead atoms. The predicted octanol–water partition coefficient (Wildman–Crippen LogP) is -0.122. The van der Waals surface area contributed by atoms with Gasteiger partial charge in [-0.2, -0.15) is 10.2 Å². The molecule has 7 heteroatoms. The standard InChI is InChI=1S/C8H11BN4O2/c1-12-7(3-5-10-12)14-9-15-8-4-6-11-13(8)2/h3-6,9H,1-2H3. The summed E-state index contributed by atoms with van der Waals surface area (Å²) in [4.78, 5) is 0. The third-order valence-electron chi connectivity index (χ3n) is 1.97. The monoisotopic (exact) mass is 206 g/mol. The van der Waals surface area contributed by atoms with Crippen LogP contribution in [0.2, 0.25) is 0 Å². The van der Waals surface area contributed by atoms with Crippen molar-refractivity contribution in [2.75, 3.05) is 0 Å². The molecule has 0 saturated carbocycles. The fourth-order valence-corrected chi connectivity index (χ4v) is 1.16. The molecular formula is C8H11BN4O2. The fraction of sp³-hybridized carbons (Fsp3) is 0.250. The smallest absolute Gasteiger partial charge is 0.515 e. The Kier molecular flexibility index (Phi) is 2.62. The minimum absolute atomic E-state index is 0.138. The van der Waals surface area contributed by atoms with Crippen LogP contribution in [0.25, 0.3) is 0 Å². The second-order valence-corrected chi connectivity index (χ2v) is 2.99. The Balaban J connectivity index is 1.86. The van der Waals surface area contributed by atoms with E-state index in [4.69, 9.17) is 9.31 Å². The lowest BCUT2D eigenvalue weighted by atomic mass is 10.4. The molecule has 0 radical (unpaired) electrons. The molecule has 0 aliphatic carbocycles. The molecular weight excluding hydrogens is 195 g/mol. The van der Waals surface area contributed by atoms with E-state index in [0.29, 0.717) is 11.8 Å². The summed E-state index contributed by atoms with van der Waals surface area (Å²) in [6, 6.07) is 3.54. The number of aryl methyl sites for hydroxylation is 2. The largest absolute Gasteiger partial charge is 0.578 e. The van der Waals surface area contributed by atoms with Crippen LogP contribution < -0.4 is 9.31 Å². The average molecular weight is 206 g/mol. The van der Waals surface area contributed by atoms with Gasteiger partial charge in [-0.05, 0) is 0 Å². The van der Waals surface area contributed by atoms with Gasteiger partial charge in [-0.1, -0.05) is 0 Å². The Morgan fingerprint density at radius 3 is 1.80 bits per heavy atom. The summed E-state index contributed by atoms with van der Waals surface area (Å²) in [6.45, 7) is 0. The van der Waals surface area contributed by atoms with E-state index in [1.54, 1.807) is 48.0 Å². The summed E-state index contributed by atoms with van der Waals surface area (Å²) in [5, 5.41) is 7.94. The maximum Gasteiger partial charge on any atom is 0.578 e. The molecule has 0 aliphatic heterocycles. The highest BCUT2D eigenvalue weighted by molar-refractivity contribution is 6.20. The van der Waals surface area contributed by atoms with E-state index >= 15 is 0 Å². The molecule has 0 fully saturated rings. The molecule has 15 heavy (non-hydrogen) atoms. The van der Waals surface area contributed by atoms with Crippen molar-refractivity contribution in [3.05, 3.63) is 24.5 Å². The quantitative estimate of drug-likeness (QED) is 0.654. The number of hydrogen-bond acceptors (Lipinski definition) is 4. The Morgan fingerprint density at radius 2 is 1.47 bits per heavy atom. The van der Waals surface area contributed by atoms with Gasteiger partial charge in [-0.15, -0.1) is 0 Å². The van der Waals surface area contributed by atoms with Crippen LogP contribution in [0.4, 0.5) is 0 Å². The third kappa shape index (κ3) is 2.12. The molecule has 78 valence electrons. The molecule has 0 N–H and O–H groups in total. The lowest BCUT2D eigenvalue weighted by Crippen LogP contribution is -2.14. The molecule has 0 saturated heterocycles. The molecule has 2 aromatic rings. The van der Waals surface area contributed by atoms with E-state index in [1.807, 2.05) is 0 Å². The van der Waals surface area contributed by atoms with Gasteiger partial charge in [-0.25, -0.2) is 9.36 Å². The van der Waals surface area contributed by atoms with Gasteiger partial charge in [0.25, 0.3) is 0 Å². The molecule has 2 rings (SSSR count). The van der Waals surface area contributed by atoms with Gasteiger partial charge in [0.05, 0.1) is 12.4 Å². The summed E-state index contributed by atoms with van der Waals surface area (Å²) < 4.78 is 13.9. The fourth-order valence-electron chi connectivity index (χ4n) is 1.16. The van der Waals surface area contributed by atoms with Crippen LogP contribution in [0, 0.1) is 0 Å². The van der Waals surface area contributed by atoms with E-state index in [9.17, 15) is 0 Å². The average Bonchev–Trinajstić information content (AvgIpc) is 2.78. The van der Waals surface area contributed by atoms with Crippen molar-refractivity contribution >= 4 is 7.69 Å². The van der Waals surface area contributed by atoms with Crippen LogP contribution in [-0.2, 0) is 14.1 Å². The van der Waals surface area contributed by atoms with Crippen molar-refractivity contribution in [3.63, 3.8) is 0 Å². The first kappa shape index (κ1) is 9.63. The number of rotatable bonds is 4. The van der Waals surface area contributed by atoms with E-state index < -0.39 is 0 Å². The minimum Gasteiger partial charge on any atom is -0.515 e. The SMILES string of the molecule is Cn1nccc1OBOc1ccnn1C. The predicted molar refractivity (Wildman–Crippen MR) is 54.8 cm³/mol. The van der Waals surface area contributed by atoms with Gasteiger partial charge in [0.15, 0.2) is 11.8 Å². The highest BCUT2D eigenvalue weighted by Crippen LogP contribution is 2.08. The first-order valence-electron chi connectivity index (χ1n) is 4.49. The van der Waals surface area contributed by atoms with Crippen LogP contribution >= 0.6 is 0 Å². The number of nitrogens with zero attached hydrogens (tertiary/aromatic N) is 4. The van der Waals surface area contributed by atoms with Crippen molar-refractivity contribution in [1.29, 1.82) is 0 Å². The first-order valence-corrected chi connectivity index (χ1v) is 4.49. The molecule has 0 spiro atoms. The number of hydrogen-bond donors (Lipinski definition) is 0. The number of aromatic nitrogens is 4. The van der Waals surface area contributed by atoms with Gasteiger partial charge >= 0.3 is 7.69 Å². The van der Waals surface area contributed by atoms with Gasteiger partial charge < -0.3 is 9.31 Å². The zero-order valence-electron chi connectivity index (χ0n) is 8.62. The summed E-state index contributed by atoms with van der Waals surface area (Å²) >= 11 is 0. The molecule has 2 aromatic heterocycles. The maximum absolute atomic E-state index is 5.34. The molecule has 0 amide bonds. The summed E-state index contributed by atoms with van der Waals surface area (Å²) in [7, 11) is 3.75. The van der Waals surface area contributed by atoms with Crippen LogP contribution in [0.3, 0.4) is 0 Å². The molecule has 0 atom stereocenters. The highest BCUT2D eigenvalue weighted by Gasteiger charge is 2.04. The highest BCUT2D eigenvalue weighted by atomic mass is 16.6. The van der Waals surface area contributed by atoms with E-state index in [-0.39, 0.29) is 7.69 Å². The zero-order chi connectivity index (χ0) is 10.7. The van der Waals surface area contributed by atoms with Gasteiger partial charge in [-0.3, -0.25) is 0 Å². The Labute approximate surface area is 87.7 Å². The summed E-state index contributed by atoms with van der Waals surface area (Å²) in [5.74, 6) is 1.33. The van der Waals surface area contributed by atoms with Crippen LogP contribution in [-0.4, -0.2) is 27.2 Å². The lowest BCUT2D eigenvalue weighted by molar-refractivity contribution is 0.408. The van der Waals surface area contributed by atoms with E-state index in [0.717, 1.165) is 0 Å². The second-order valence-electron chi connectivity index (χ2n) is 2.99. The Bertz CT molecular complexity index is 399.